The number of nitrogens with zero attached hydrogens (tertiary/aromatic N) is 1. The number of rotatable bonds is 3. The van der Waals surface area contributed by atoms with E-state index in [1.165, 1.54) is 4.73 Å². The number of carbonyl (C=O) groups excluding carboxylic acids is 1. The number of aromatic nitrogens is 1. The smallest absolute Gasteiger partial charge is 0.331 e. The van der Waals surface area contributed by atoms with Gasteiger partial charge in [0, 0.05) is 12.0 Å². The number of halogens is 3. The number of benzene rings is 2. The highest BCUT2D eigenvalue weighted by Crippen LogP contribution is 2.39. The zero-order chi connectivity index (χ0) is 19.7. The molecule has 1 unspecified atom stereocenters. The predicted octanol–water partition coefficient (Wildman–Crippen LogP) is 5.09. The Morgan fingerprint density at radius 3 is 2.29 bits per heavy atom. The van der Waals surface area contributed by atoms with E-state index in [9.17, 15) is 18.0 Å². The van der Waals surface area contributed by atoms with Gasteiger partial charge in [-0.15, -0.1) is 0 Å². The Kier molecular flexibility index (Phi) is 4.71. The van der Waals surface area contributed by atoms with Crippen LogP contribution in [0.2, 0.25) is 0 Å². The van der Waals surface area contributed by atoms with Crippen LogP contribution in [0.5, 0.6) is 0 Å². The minimum absolute atomic E-state index is 0.0430. The molecule has 1 heterocycles. The van der Waals surface area contributed by atoms with Crippen LogP contribution >= 0.6 is 0 Å². The predicted molar refractivity (Wildman–Crippen MR) is 98.8 cm³/mol. The molecule has 0 saturated heterocycles. The summed E-state index contributed by atoms with van der Waals surface area (Å²) in [5, 5.41) is 0. The highest BCUT2D eigenvalue weighted by molar-refractivity contribution is 5.89. The second-order valence-electron chi connectivity index (χ2n) is 6.89. The van der Waals surface area contributed by atoms with Crippen molar-refractivity contribution in [3.05, 3.63) is 83.6 Å². The van der Waals surface area contributed by atoms with Gasteiger partial charge >= 0.3 is 12.1 Å². The molecule has 1 aromatic heterocycles. The molecule has 3 nitrogen and oxygen atoms in total. The van der Waals surface area contributed by atoms with Gasteiger partial charge in [-0.3, -0.25) is 0 Å². The van der Waals surface area contributed by atoms with Crippen molar-refractivity contribution in [3.8, 4) is 11.3 Å². The summed E-state index contributed by atoms with van der Waals surface area (Å²) in [5.41, 5.74) is 2.91. The van der Waals surface area contributed by atoms with Crippen LogP contribution in [0, 0.1) is 5.92 Å². The first-order valence-corrected chi connectivity index (χ1v) is 9.07. The Balaban J connectivity index is 1.76. The number of hydrogen-bond donors (Lipinski definition) is 0. The van der Waals surface area contributed by atoms with Crippen LogP contribution in [-0.2, 0) is 12.8 Å². The maximum atomic E-state index is 13.3. The van der Waals surface area contributed by atoms with Gasteiger partial charge in [0.2, 0.25) is 0 Å². The lowest BCUT2D eigenvalue weighted by molar-refractivity contribution is -0.177. The molecule has 0 aliphatic heterocycles. The molecule has 4 rings (SSSR count). The van der Waals surface area contributed by atoms with Gasteiger partial charge in [-0.25, -0.2) is 4.79 Å². The van der Waals surface area contributed by atoms with E-state index in [0.29, 0.717) is 23.4 Å². The summed E-state index contributed by atoms with van der Waals surface area (Å²) in [4.78, 5) is 18.2. The van der Waals surface area contributed by atoms with Crippen molar-refractivity contribution in [1.82, 2.24) is 4.73 Å². The summed E-state index contributed by atoms with van der Waals surface area (Å²) >= 11 is 0. The molecule has 0 amide bonds. The highest BCUT2D eigenvalue weighted by atomic mass is 19.4. The molecule has 144 valence electrons. The van der Waals surface area contributed by atoms with Crippen molar-refractivity contribution in [3.63, 3.8) is 0 Å². The first kappa shape index (κ1) is 18.3. The summed E-state index contributed by atoms with van der Waals surface area (Å²) in [7, 11) is 0. The Morgan fingerprint density at radius 2 is 1.64 bits per heavy atom. The summed E-state index contributed by atoms with van der Waals surface area (Å²) in [6, 6.07) is 19.5. The van der Waals surface area contributed by atoms with Gasteiger partial charge in [0.1, 0.15) is 0 Å². The molecule has 1 aliphatic carbocycles. The second-order valence-corrected chi connectivity index (χ2v) is 6.89. The van der Waals surface area contributed by atoms with Crippen molar-refractivity contribution >= 4 is 5.97 Å². The number of alkyl halides is 3. The Hall–Kier alpha value is -3.02. The molecule has 0 fully saturated rings. The fourth-order valence-corrected chi connectivity index (χ4v) is 3.58. The molecule has 0 N–H and O–H groups in total. The number of carbonyl (C=O) groups is 1. The third kappa shape index (κ3) is 3.54. The maximum absolute atomic E-state index is 13.3. The summed E-state index contributed by atoms with van der Waals surface area (Å²) in [5.74, 6) is -2.04. The van der Waals surface area contributed by atoms with E-state index in [0.717, 1.165) is 11.1 Å². The summed E-state index contributed by atoms with van der Waals surface area (Å²) < 4.78 is 41.2. The monoisotopic (exact) mass is 385 g/mol. The van der Waals surface area contributed by atoms with E-state index in [1.54, 1.807) is 30.3 Å². The fraction of sp³-hybridized carbons (Fsp3) is 0.227. The molecule has 0 bridgehead atoms. The van der Waals surface area contributed by atoms with Gasteiger partial charge in [0.25, 0.3) is 0 Å². The molecular formula is C22H18F3NO2. The second kappa shape index (κ2) is 7.19. The normalized spacial score (nSPS) is 16.5. The minimum atomic E-state index is -4.27. The van der Waals surface area contributed by atoms with E-state index >= 15 is 0 Å². The zero-order valence-corrected chi connectivity index (χ0v) is 14.9. The molecule has 0 spiro atoms. The van der Waals surface area contributed by atoms with E-state index in [-0.39, 0.29) is 12.8 Å². The minimum Gasteiger partial charge on any atom is -0.331 e. The SMILES string of the molecule is O=C(On1c(-c2ccccc2)cc2c1CC(C(F)(F)F)CC2)c1ccccc1. The van der Waals surface area contributed by atoms with Crippen molar-refractivity contribution in [2.75, 3.05) is 0 Å². The largest absolute Gasteiger partial charge is 0.392 e. The molecule has 0 saturated carbocycles. The van der Waals surface area contributed by atoms with Gasteiger partial charge in [-0.2, -0.15) is 17.9 Å². The number of hydrogen-bond acceptors (Lipinski definition) is 2. The van der Waals surface area contributed by atoms with E-state index < -0.39 is 18.1 Å². The van der Waals surface area contributed by atoms with E-state index in [2.05, 4.69) is 0 Å². The summed E-state index contributed by atoms with van der Waals surface area (Å²) in [6.07, 6.45) is -4.13. The van der Waals surface area contributed by atoms with Crippen molar-refractivity contribution in [2.45, 2.75) is 25.4 Å². The first-order chi connectivity index (χ1) is 13.4. The van der Waals surface area contributed by atoms with Crippen LogP contribution in [-0.4, -0.2) is 16.9 Å². The van der Waals surface area contributed by atoms with Gasteiger partial charge in [-0.05, 0) is 36.6 Å². The van der Waals surface area contributed by atoms with Crippen LogP contribution in [0.1, 0.15) is 28.0 Å². The molecule has 6 heteroatoms. The van der Waals surface area contributed by atoms with Gasteiger partial charge in [0.15, 0.2) is 0 Å². The number of aryl methyl sites for hydroxylation is 1. The third-order valence-corrected chi connectivity index (χ3v) is 5.06. The van der Waals surface area contributed by atoms with Gasteiger partial charge in [-0.1, -0.05) is 48.5 Å². The molecular weight excluding hydrogens is 367 g/mol. The third-order valence-electron chi connectivity index (χ3n) is 5.06. The Bertz CT molecular complexity index is 978. The van der Waals surface area contributed by atoms with Crippen LogP contribution in [0.15, 0.2) is 66.7 Å². The van der Waals surface area contributed by atoms with Crippen molar-refractivity contribution < 1.29 is 22.8 Å². The van der Waals surface area contributed by atoms with Gasteiger partial charge in [0.05, 0.1) is 22.9 Å². The molecule has 28 heavy (non-hydrogen) atoms. The highest BCUT2D eigenvalue weighted by Gasteiger charge is 2.42. The summed E-state index contributed by atoms with van der Waals surface area (Å²) in [6.45, 7) is 0. The van der Waals surface area contributed by atoms with Crippen molar-refractivity contribution in [2.24, 2.45) is 5.92 Å². The van der Waals surface area contributed by atoms with Crippen LogP contribution in [0.25, 0.3) is 11.3 Å². The average molecular weight is 385 g/mol. The van der Waals surface area contributed by atoms with E-state index in [4.69, 9.17) is 4.84 Å². The topological polar surface area (TPSA) is 31.2 Å². The van der Waals surface area contributed by atoms with Crippen LogP contribution < -0.4 is 4.84 Å². The fourth-order valence-electron chi connectivity index (χ4n) is 3.58. The average Bonchev–Trinajstić information content (AvgIpc) is 3.06. The van der Waals surface area contributed by atoms with Gasteiger partial charge < -0.3 is 4.84 Å². The molecule has 0 radical (unpaired) electrons. The Morgan fingerprint density at radius 1 is 1.00 bits per heavy atom. The standard InChI is InChI=1S/C22H18F3NO2/c23-22(24,25)18-12-11-17-13-19(15-7-3-1-4-8-15)26(20(17)14-18)28-21(27)16-9-5-2-6-10-16/h1-10,13,18H,11-12,14H2. The number of fused-ring (bicyclic) bond motifs is 1. The lowest BCUT2D eigenvalue weighted by Gasteiger charge is -2.25. The van der Waals surface area contributed by atoms with E-state index in [1.807, 2.05) is 36.4 Å². The lowest BCUT2D eigenvalue weighted by atomic mass is 9.87. The quantitative estimate of drug-likeness (QED) is 0.629. The molecule has 1 atom stereocenters. The zero-order valence-electron chi connectivity index (χ0n) is 14.9. The molecule has 1 aliphatic rings. The van der Waals surface area contributed by atoms with Crippen molar-refractivity contribution in [1.29, 1.82) is 0 Å². The first-order valence-electron chi connectivity index (χ1n) is 9.07. The molecule has 2 aromatic carbocycles. The van der Waals surface area contributed by atoms with Crippen LogP contribution in [0.3, 0.4) is 0 Å². The Labute approximate surface area is 160 Å². The lowest BCUT2D eigenvalue weighted by Crippen LogP contribution is -2.31. The van der Waals surface area contributed by atoms with Crippen LogP contribution in [0.4, 0.5) is 13.2 Å². The maximum Gasteiger partial charge on any atom is 0.392 e. The molecule has 3 aromatic rings.